The molecule has 0 bridgehead atoms. The Morgan fingerprint density at radius 2 is 2.17 bits per heavy atom. The van der Waals surface area contributed by atoms with Gasteiger partial charge in [-0.1, -0.05) is 12.2 Å². The van der Waals surface area contributed by atoms with Crippen molar-refractivity contribution in [3.05, 3.63) is 23.9 Å². The quantitative estimate of drug-likeness (QED) is 0.553. The van der Waals surface area contributed by atoms with Crippen LogP contribution in [0.25, 0.3) is 0 Å². The SMILES string of the molecule is C1=CC2NC3CCCC3NC2=C1. The molecule has 64 valence electrons. The number of nitrogens with one attached hydrogen (secondary N) is 2. The summed E-state index contributed by atoms with van der Waals surface area (Å²) in [7, 11) is 0. The van der Waals surface area contributed by atoms with E-state index in [4.69, 9.17) is 0 Å². The van der Waals surface area contributed by atoms with Gasteiger partial charge in [-0.3, -0.25) is 0 Å². The third-order valence-electron chi connectivity index (χ3n) is 3.18. The van der Waals surface area contributed by atoms with Gasteiger partial charge in [0, 0.05) is 17.8 Å². The molecule has 2 fully saturated rings. The topological polar surface area (TPSA) is 24.1 Å². The number of rotatable bonds is 0. The molecular formula is C10H14N2. The summed E-state index contributed by atoms with van der Waals surface area (Å²) in [6.07, 6.45) is 10.6. The first-order valence-corrected chi connectivity index (χ1v) is 4.84. The Bertz CT molecular complexity index is 255. The van der Waals surface area contributed by atoms with Crippen molar-refractivity contribution in [3.63, 3.8) is 0 Å². The Hall–Kier alpha value is -0.760. The molecule has 12 heavy (non-hydrogen) atoms. The highest BCUT2D eigenvalue weighted by Gasteiger charge is 2.35. The minimum absolute atomic E-state index is 0.490. The van der Waals surface area contributed by atoms with E-state index < -0.39 is 0 Å². The van der Waals surface area contributed by atoms with Crippen molar-refractivity contribution in [2.75, 3.05) is 0 Å². The number of hydrogen-bond donors (Lipinski definition) is 2. The Morgan fingerprint density at radius 1 is 1.25 bits per heavy atom. The second-order valence-corrected chi connectivity index (χ2v) is 3.94. The molecule has 0 aromatic rings. The molecule has 3 atom stereocenters. The summed E-state index contributed by atoms with van der Waals surface area (Å²) in [6, 6.07) is 1.91. The minimum atomic E-state index is 0.490. The molecular weight excluding hydrogens is 148 g/mol. The fraction of sp³-hybridized carbons (Fsp3) is 0.600. The predicted octanol–water partition coefficient (Wildman–Crippen LogP) is 0.923. The van der Waals surface area contributed by atoms with Crippen molar-refractivity contribution in [2.24, 2.45) is 0 Å². The van der Waals surface area contributed by atoms with Crippen molar-refractivity contribution in [3.8, 4) is 0 Å². The zero-order valence-electron chi connectivity index (χ0n) is 7.09. The maximum atomic E-state index is 3.66. The van der Waals surface area contributed by atoms with Gasteiger partial charge in [-0.2, -0.15) is 0 Å². The van der Waals surface area contributed by atoms with Crippen molar-refractivity contribution in [1.29, 1.82) is 0 Å². The predicted molar refractivity (Wildman–Crippen MR) is 48.7 cm³/mol. The summed E-state index contributed by atoms with van der Waals surface area (Å²) in [5.41, 5.74) is 1.37. The number of hydrogen-bond acceptors (Lipinski definition) is 2. The molecule has 3 unspecified atom stereocenters. The van der Waals surface area contributed by atoms with Crippen LogP contribution in [0.4, 0.5) is 0 Å². The average molecular weight is 162 g/mol. The molecule has 0 aromatic heterocycles. The minimum Gasteiger partial charge on any atom is -0.382 e. The third-order valence-corrected chi connectivity index (χ3v) is 3.18. The lowest BCUT2D eigenvalue weighted by atomic mass is 10.1. The van der Waals surface area contributed by atoms with E-state index in [-0.39, 0.29) is 0 Å². The first-order valence-electron chi connectivity index (χ1n) is 4.84. The van der Waals surface area contributed by atoms with E-state index in [1.54, 1.807) is 0 Å². The van der Waals surface area contributed by atoms with Crippen LogP contribution in [0, 0.1) is 0 Å². The highest BCUT2D eigenvalue weighted by atomic mass is 15.1. The molecule has 2 aliphatic carbocycles. The maximum absolute atomic E-state index is 3.66. The Balaban J connectivity index is 1.84. The van der Waals surface area contributed by atoms with Crippen molar-refractivity contribution in [1.82, 2.24) is 10.6 Å². The van der Waals surface area contributed by atoms with Crippen LogP contribution >= 0.6 is 0 Å². The molecule has 0 amide bonds. The molecule has 1 heterocycles. The maximum Gasteiger partial charge on any atom is 0.0661 e. The van der Waals surface area contributed by atoms with E-state index in [0.29, 0.717) is 12.1 Å². The van der Waals surface area contributed by atoms with Crippen LogP contribution in [0.2, 0.25) is 0 Å². The standard InChI is InChI=1S/C10H14N2/c1-3-7-8(4-1)12-10-6-2-5-9(10)11-7/h1,3-4,7,9-12H,2,5-6H2. The molecule has 3 rings (SSSR count). The Labute approximate surface area is 72.7 Å². The molecule has 1 saturated heterocycles. The van der Waals surface area contributed by atoms with Gasteiger partial charge in [-0.15, -0.1) is 0 Å². The van der Waals surface area contributed by atoms with E-state index in [1.165, 1.54) is 25.0 Å². The largest absolute Gasteiger partial charge is 0.382 e. The third kappa shape index (κ3) is 0.845. The first-order chi connectivity index (χ1) is 5.93. The van der Waals surface area contributed by atoms with Crippen LogP contribution < -0.4 is 10.6 Å². The normalized spacial score (nSPS) is 43.3. The van der Waals surface area contributed by atoms with Gasteiger partial charge in [0.2, 0.25) is 0 Å². The van der Waals surface area contributed by atoms with Gasteiger partial charge in [0.1, 0.15) is 0 Å². The second-order valence-electron chi connectivity index (χ2n) is 3.94. The fourth-order valence-electron chi connectivity index (χ4n) is 2.54. The van der Waals surface area contributed by atoms with Gasteiger partial charge in [0.05, 0.1) is 6.04 Å². The van der Waals surface area contributed by atoms with E-state index >= 15 is 0 Å². The van der Waals surface area contributed by atoms with Crippen LogP contribution in [0.1, 0.15) is 19.3 Å². The second kappa shape index (κ2) is 2.36. The first kappa shape index (κ1) is 6.72. The van der Waals surface area contributed by atoms with Crippen molar-refractivity contribution < 1.29 is 0 Å². The lowest BCUT2D eigenvalue weighted by Gasteiger charge is -2.34. The van der Waals surface area contributed by atoms with E-state index in [1.807, 2.05) is 0 Å². The average Bonchev–Trinajstić information content (AvgIpc) is 2.64. The summed E-state index contributed by atoms with van der Waals surface area (Å²) in [5.74, 6) is 0. The summed E-state index contributed by atoms with van der Waals surface area (Å²) in [6.45, 7) is 0. The molecule has 2 nitrogen and oxygen atoms in total. The van der Waals surface area contributed by atoms with Gasteiger partial charge >= 0.3 is 0 Å². The molecule has 1 saturated carbocycles. The van der Waals surface area contributed by atoms with E-state index in [2.05, 4.69) is 28.9 Å². The van der Waals surface area contributed by atoms with Gasteiger partial charge in [-0.05, 0) is 25.3 Å². The molecule has 3 aliphatic rings. The molecule has 2 N–H and O–H groups in total. The van der Waals surface area contributed by atoms with Crippen molar-refractivity contribution >= 4 is 0 Å². The monoisotopic (exact) mass is 162 g/mol. The summed E-state index contributed by atoms with van der Waals surface area (Å²) in [4.78, 5) is 0. The Kier molecular flexibility index (Phi) is 1.32. The van der Waals surface area contributed by atoms with Gasteiger partial charge < -0.3 is 10.6 Å². The van der Waals surface area contributed by atoms with Crippen LogP contribution in [0.15, 0.2) is 23.9 Å². The number of fused-ring (bicyclic) bond motifs is 2. The van der Waals surface area contributed by atoms with Crippen LogP contribution in [0.5, 0.6) is 0 Å². The van der Waals surface area contributed by atoms with Gasteiger partial charge in [0.25, 0.3) is 0 Å². The zero-order chi connectivity index (χ0) is 7.97. The van der Waals surface area contributed by atoms with Crippen molar-refractivity contribution in [2.45, 2.75) is 37.4 Å². The highest BCUT2D eigenvalue weighted by molar-refractivity contribution is 5.33. The molecule has 0 aromatic carbocycles. The summed E-state index contributed by atoms with van der Waals surface area (Å²) in [5, 5.41) is 7.27. The number of allylic oxidation sites excluding steroid dienone is 2. The summed E-state index contributed by atoms with van der Waals surface area (Å²) >= 11 is 0. The van der Waals surface area contributed by atoms with E-state index in [0.717, 1.165) is 6.04 Å². The van der Waals surface area contributed by atoms with Gasteiger partial charge in [0.15, 0.2) is 0 Å². The highest BCUT2D eigenvalue weighted by Crippen LogP contribution is 2.26. The summed E-state index contributed by atoms with van der Waals surface area (Å²) < 4.78 is 0. The van der Waals surface area contributed by atoms with Crippen LogP contribution in [0.3, 0.4) is 0 Å². The van der Waals surface area contributed by atoms with Crippen LogP contribution in [-0.4, -0.2) is 18.1 Å². The van der Waals surface area contributed by atoms with E-state index in [9.17, 15) is 0 Å². The Morgan fingerprint density at radius 3 is 3.17 bits per heavy atom. The lowest BCUT2D eigenvalue weighted by Crippen LogP contribution is -2.55. The lowest BCUT2D eigenvalue weighted by molar-refractivity contribution is 0.366. The number of piperazine rings is 1. The van der Waals surface area contributed by atoms with Gasteiger partial charge in [-0.25, -0.2) is 0 Å². The fourth-order valence-corrected chi connectivity index (χ4v) is 2.54. The van der Waals surface area contributed by atoms with Crippen LogP contribution in [-0.2, 0) is 0 Å². The smallest absolute Gasteiger partial charge is 0.0661 e. The molecule has 0 spiro atoms. The molecule has 0 radical (unpaired) electrons. The molecule has 2 heteroatoms. The molecule has 1 aliphatic heterocycles. The zero-order valence-corrected chi connectivity index (χ0v) is 7.09.